The van der Waals surface area contributed by atoms with Crippen LogP contribution in [-0.2, 0) is 19.4 Å². The van der Waals surface area contributed by atoms with Gasteiger partial charge in [-0.05, 0) is 6.42 Å². The van der Waals surface area contributed by atoms with Gasteiger partial charge >= 0.3 is 10.4 Å². The number of hydrogen-bond donors (Lipinski definition) is 3. The first kappa shape index (κ1) is 17.6. The number of nitrogens with zero attached hydrogens (tertiary/aromatic N) is 2. The summed E-state index contributed by atoms with van der Waals surface area (Å²) in [6.07, 6.45) is 1.84. The van der Waals surface area contributed by atoms with Crippen molar-refractivity contribution in [1.29, 1.82) is 0 Å². The highest BCUT2D eigenvalue weighted by molar-refractivity contribution is 7.80. The van der Waals surface area contributed by atoms with Crippen molar-refractivity contribution in [1.82, 2.24) is 5.06 Å². The topological polar surface area (TPSA) is 172 Å². The van der Waals surface area contributed by atoms with Gasteiger partial charge < -0.3 is 15.9 Å². The van der Waals surface area contributed by atoms with Crippen LogP contribution in [0.5, 0.6) is 0 Å². The van der Waals surface area contributed by atoms with Crippen molar-refractivity contribution in [2.75, 3.05) is 6.61 Å². The van der Waals surface area contributed by atoms with Gasteiger partial charge in [0.1, 0.15) is 5.82 Å². The van der Waals surface area contributed by atoms with Crippen molar-refractivity contribution in [2.24, 2.45) is 16.5 Å². The van der Waals surface area contributed by atoms with E-state index in [-0.39, 0.29) is 17.2 Å². The second kappa shape index (κ2) is 7.25. The number of unbranched alkanes of at least 4 members (excludes halogenated alkanes) is 1. The summed E-state index contributed by atoms with van der Waals surface area (Å²) < 4.78 is 39.1. The Bertz CT molecular complexity index is 448. The fourth-order valence-corrected chi connectivity index (χ4v) is 1.53. The van der Waals surface area contributed by atoms with Gasteiger partial charge in [0.15, 0.2) is 0 Å². The summed E-state index contributed by atoms with van der Waals surface area (Å²) >= 11 is 0. The molecule has 0 fully saturated rings. The highest BCUT2D eigenvalue weighted by Gasteiger charge is 2.26. The molecule has 112 valence electrons. The molecular formula is C8H18N4O6S. The van der Waals surface area contributed by atoms with E-state index in [1.165, 1.54) is 6.08 Å². The molecule has 0 aromatic rings. The lowest BCUT2D eigenvalue weighted by Gasteiger charge is -2.28. The largest absolute Gasteiger partial charge is 0.478 e. The molecule has 1 unspecified atom stereocenters. The van der Waals surface area contributed by atoms with Crippen LogP contribution in [0.3, 0.4) is 0 Å². The van der Waals surface area contributed by atoms with Crippen molar-refractivity contribution in [2.45, 2.75) is 26.1 Å². The van der Waals surface area contributed by atoms with Crippen LogP contribution in [0.25, 0.3) is 0 Å². The standard InChI is InChI=1S/C8H16N4O5S.H2O/c1-2-3-4-16-7-5-6(9)12(8(10)11-7)17-18(13,14)15;/h5,8H,2-4,9-10H2,1H3,(H,13,14,15);1H2. The van der Waals surface area contributed by atoms with Crippen LogP contribution >= 0.6 is 0 Å². The van der Waals surface area contributed by atoms with Crippen molar-refractivity contribution in [3.8, 4) is 0 Å². The third-order valence-corrected chi connectivity index (χ3v) is 2.30. The minimum Gasteiger partial charge on any atom is -0.478 e. The van der Waals surface area contributed by atoms with E-state index < -0.39 is 16.7 Å². The van der Waals surface area contributed by atoms with Crippen molar-refractivity contribution in [3.05, 3.63) is 11.9 Å². The normalized spacial score (nSPS) is 19.3. The summed E-state index contributed by atoms with van der Waals surface area (Å²) in [5, 5.41) is 0.558. The van der Waals surface area contributed by atoms with E-state index in [2.05, 4.69) is 9.28 Å². The van der Waals surface area contributed by atoms with E-state index in [9.17, 15) is 8.42 Å². The summed E-state index contributed by atoms with van der Waals surface area (Å²) in [6, 6.07) is 0. The first-order chi connectivity index (χ1) is 8.33. The van der Waals surface area contributed by atoms with Gasteiger partial charge in [-0.15, -0.1) is 4.28 Å². The lowest BCUT2D eigenvalue weighted by atomic mass is 10.4. The van der Waals surface area contributed by atoms with Gasteiger partial charge in [0.05, 0.1) is 6.61 Å². The van der Waals surface area contributed by atoms with E-state index in [0.717, 1.165) is 12.8 Å². The number of nitrogens with two attached hydrogens (primary N) is 2. The molecule has 0 saturated heterocycles. The molecule has 0 aromatic heterocycles. The summed E-state index contributed by atoms with van der Waals surface area (Å²) in [4.78, 5) is 3.81. The van der Waals surface area contributed by atoms with E-state index in [0.29, 0.717) is 11.7 Å². The molecule has 0 aliphatic carbocycles. The van der Waals surface area contributed by atoms with E-state index in [1.807, 2.05) is 6.92 Å². The minimum atomic E-state index is -4.71. The van der Waals surface area contributed by atoms with Crippen LogP contribution in [0, 0.1) is 0 Å². The molecule has 0 amide bonds. The Hall–Kier alpha value is -1.40. The molecule has 0 bridgehead atoms. The quantitative estimate of drug-likeness (QED) is 0.405. The zero-order chi connectivity index (χ0) is 13.8. The van der Waals surface area contributed by atoms with Gasteiger partial charge in [-0.1, -0.05) is 13.3 Å². The van der Waals surface area contributed by atoms with Crippen molar-refractivity contribution >= 4 is 16.3 Å². The van der Waals surface area contributed by atoms with Crippen LogP contribution in [-0.4, -0.2) is 42.3 Å². The van der Waals surface area contributed by atoms with Crippen LogP contribution in [0.1, 0.15) is 19.8 Å². The van der Waals surface area contributed by atoms with Crippen molar-refractivity contribution in [3.63, 3.8) is 0 Å². The zero-order valence-corrected chi connectivity index (χ0v) is 11.1. The van der Waals surface area contributed by atoms with Crippen LogP contribution < -0.4 is 11.5 Å². The Morgan fingerprint density at radius 3 is 2.68 bits per heavy atom. The number of hydrogen-bond acceptors (Lipinski definition) is 8. The average molecular weight is 298 g/mol. The Morgan fingerprint density at radius 1 is 1.58 bits per heavy atom. The molecule has 0 spiro atoms. The third kappa shape index (κ3) is 5.85. The highest BCUT2D eigenvalue weighted by Crippen LogP contribution is 2.12. The first-order valence-electron chi connectivity index (χ1n) is 5.23. The first-order valence-corrected chi connectivity index (χ1v) is 6.59. The lowest BCUT2D eigenvalue weighted by Crippen LogP contribution is -2.46. The maximum atomic E-state index is 10.6. The summed E-state index contributed by atoms with van der Waals surface area (Å²) in [5.41, 5.74) is 11.0. The number of ether oxygens (including phenoxy) is 1. The Kier molecular flexibility index (Phi) is 6.72. The minimum absolute atomic E-state index is 0. The van der Waals surface area contributed by atoms with E-state index in [4.69, 9.17) is 20.8 Å². The lowest BCUT2D eigenvalue weighted by molar-refractivity contribution is -0.0636. The van der Waals surface area contributed by atoms with Gasteiger partial charge in [-0.3, -0.25) is 10.3 Å². The van der Waals surface area contributed by atoms with Gasteiger partial charge in [0, 0.05) is 6.08 Å². The fraction of sp³-hybridized carbons (Fsp3) is 0.625. The van der Waals surface area contributed by atoms with E-state index >= 15 is 0 Å². The molecule has 10 nitrogen and oxygen atoms in total. The summed E-state index contributed by atoms with van der Waals surface area (Å²) in [5.74, 6) is 0.0465. The molecule has 1 aliphatic heterocycles. The molecule has 1 rings (SSSR count). The van der Waals surface area contributed by atoms with Gasteiger partial charge in [-0.25, -0.2) is 4.99 Å². The molecule has 1 aliphatic rings. The number of rotatable bonds is 5. The maximum Gasteiger partial charge on any atom is 0.418 e. The molecule has 11 heteroatoms. The van der Waals surface area contributed by atoms with Crippen LogP contribution in [0.2, 0.25) is 0 Å². The molecular weight excluding hydrogens is 280 g/mol. The Labute approximate surface area is 110 Å². The van der Waals surface area contributed by atoms with Crippen molar-refractivity contribution < 1.29 is 27.5 Å². The fourth-order valence-electron chi connectivity index (χ4n) is 1.15. The molecule has 0 saturated carbocycles. The average Bonchev–Trinajstić information content (AvgIpc) is 2.23. The SMILES string of the molecule is CCCCOC1=NC(N)N(OS(=O)(=O)O)C(N)=C1.O. The zero-order valence-electron chi connectivity index (χ0n) is 10.3. The number of hydroxylamine groups is 2. The molecule has 19 heavy (non-hydrogen) atoms. The molecule has 0 aromatic carbocycles. The second-order valence-electron chi connectivity index (χ2n) is 3.48. The third-order valence-electron chi connectivity index (χ3n) is 1.95. The monoisotopic (exact) mass is 298 g/mol. The number of aliphatic imine (C=N–C) groups is 1. The van der Waals surface area contributed by atoms with Gasteiger partial charge in [0.2, 0.25) is 12.2 Å². The van der Waals surface area contributed by atoms with Gasteiger partial charge in [0.25, 0.3) is 0 Å². The van der Waals surface area contributed by atoms with E-state index in [1.54, 1.807) is 0 Å². The van der Waals surface area contributed by atoms with Gasteiger partial charge in [-0.2, -0.15) is 13.5 Å². The van der Waals surface area contributed by atoms with Crippen LogP contribution in [0.15, 0.2) is 16.9 Å². The molecule has 0 radical (unpaired) electrons. The molecule has 1 heterocycles. The smallest absolute Gasteiger partial charge is 0.418 e. The molecule has 7 N–H and O–H groups in total. The summed E-state index contributed by atoms with van der Waals surface area (Å²) in [7, 11) is -4.71. The van der Waals surface area contributed by atoms with Crippen LogP contribution in [0.4, 0.5) is 0 Å². The predicted molar refractivity (Wildman–Crippen MR) is 66.6 cm³/mol. The maximum absolute atomic E-state index is 10.6. The Morgan fingerprint density at radius 2 is 2.21 bits per heavy atom. The molecule has 1 atom stereocenters. The highest BCUT2D eigenvalue weighted by atomic mass is 32.3. The Balaban J connectivity index is 0.00000324. The second-order valence-corrected chi connectivity index (χ2v) is 4.48. The summed E-state index contributed by atoms with van der Waals surface area (Å²) in [6.45, 7) is 2.45. The predicted octanol–water partition coefficient (Wildman–Crippen LogP) is -1.53.